The molecule has 1 aliphatic rings. The lowest BCUT2D eigenvalue weighted by atomic mass is 9.95. The minimum absolute atomic E-state index is 0.0130. The summed E-state index contributed by atoms with van der Waals surface area (Å²) in [5.41, 5.74) is 8.77. The largest absolute Gasteiger partial charge is 0.459 e. The number of aryl methyl sites for hydroxylation is 1. The molecule has 0 spiro atoms. The van der Waals surface area contributed by atoms with E-state index in [0.29, 0.717) is 57.3 Å². The maximum Gasteiger partial charge on any atom is 0.253 e. The number of piperidine rings is 1. The summed E-state index contributed by atoms with van der Waals surface area (Å²) in [6.07, 6.45) is 1.55. The number of likely N-dealkylation sites (tertiary alicyclic amines) is 1. The first-order chi connectivity index (χ1) is 22.5. The van der Waals surface area contributed by atoms with Gasteiger partial charge in [0.25, 0.3) is 11.8 Å². The lowest BCUT2D eigenvalue weighted by Crippen LogP contribution is -2.42. The second-order valence-corrected chi connectivity index (χ2v) is 11.9. The first-order valence-corrected chi connectivity index (χ1v) is 15.3. The van der Waals surface area contributed by atoms with Crippen molar-refractivity contribution in [2.45, 2.75) is 38.2 Å². The number of hydrogen-bond acceptors (Lipinski definition) is 5. The molecule has 7 nitrogen and oxygen atoms in total. The van der Waals surface area contributed by atoms with Gasteiger partial charge in [-0.15, -0.1) is 0 Å². The first kappa shape index (κ1) is 32.1. The Morgan fingerprint density at radius 3 is 2.38 bits per heavy atom. The van der Waals surface area contributed by atoms with E-state index in [-0.39, 0.29) is 61.3 Å². The van der Waals surface area contributed by atoms with Gasteiger partial charge in [0.05, 0.1) is 11.6 Å². The summed E-state index contributed by atoms with van der Waals surface area (Å²) in [6, 6.07) is 17.2. The number of alkyl halides is 2. The van der Waals surface area contributed by atoms with Crippen LogP contribution in [0.3, 0.4) is 0 Å². The Morgan fingerprint density at radius 1 is 0.936 bits per heavy atom. The van der Waals surface area contributed by atoms with Gasteiger partial charge < -0.3 is 20.4 Å². The second-order valence-electron chi connectivity index (χ2n) is 11.5. The average Bonchev–Trinajstić information content (AvgIpc) is 3.48. The highest BCUT2D eigenvalue weighted by Gasteiger charge is 2.35. The Bertz CT molecular complexity index is 1950. The van der Waals surface area contributed by atoms with Crippen molar-refractivity contribution in [2.24, 2.45) is 0 Å². The molecule has 12 heteroatoms. The number of carbonyl (C=O) groups is 2. The fraction of sp³-hybridized carbons (Fsp3) is 0.229. The molecule has 242 valence electrons. The Balaban J connectivity index is 1.26. The molecule has 1 saturated heterocycles. The number of nitrogen functional groups attached to an aromatic ring is 1. The lowest BCUT2D eigenvalue weighted by molar-refractivity contribution is -0.121. The highest BCUT2D eigenvalue weighted by molar-refractivity contribution is 6.31. The van der Waals surface area contributed by atoms with Crippen LogP contribution in [-0.2, 0) is 17.8 Å². The van der Waals surface area contributed by atoms with Crippen molar-refractivity contribution in [3.05, 3.63) is 106 Å². The number of nitrogens with zero attached hydrogens (tertiary/aromatic N) is 2. The van der Waals surface area contributed by atoms with E-state index >= 15 is 4.39 Å². The molecule has 3 N–H and O–H groups in total. The van der Waals surface area contributed by atoms with Crippen LogP contribution in [0.15, 0.2) is 77.3 Å². The van der Waals surface area contributed by atoms with Crippen LogP contribution in [0, 0.1) is 11.6 Å². The van der Waals surface area contributed by atoms with E-state index in [1.54, 1.807) is 54.7 Å². The van der Waals surface area contributed by atoms with Gasteiger partial charge in [0.15, 0.2) is 0 Å². The zero-order valence-electron chi connectivity index (χ0n) is 25.0. The van der Waals surface area contributed by atoms with E-state index in [2.05, 4.69) is 10.3 Å². The quantitative estimate of drug-likeness (QED) is 0.130. The molecule has 3 heterocycles. The SMILES string of the molecule is Nc1ccc(CCC(=O)NCc2cc3cc(-c4ccc(C(=O)N5CCC(F)(F)CC5)cc4)cc(-c4cc(Cl)c(F)cc4F)c3o2)cn1. The number of benzene rings is 3. The summed E-state index contributed by atoms with van der Waals surface area (Å²) >= 11 is 6.03. The van der Waals surface area contributed by atoms with Crippen LogP contribution in [0.1, 0.15) is 40.9 Å². The van der Waals surface area contributed by atoms with Crippen molar-refractivity contribution in [1.82, 2.24) is 15.2 Å². The van der Waals surface area contributed by atoms with Crippen LogP contribution in [0.2, 0.25) is 5.02 Å². The topological polar surface area (TPSA) is 101 Å². The van der Waals surface area contributed by atoms with Gasteiger partial charge in [-0.25, -0.2) is 22.5 Å². The van der Waals surface area contributed by atoms with Crippen LogP contribution in [0.5, 0.6) is 0 Å². The van der Waals surface area contributed by atoms with Crippen molar-refractivity contribution < 1.29 is 31.6 Å². The summed E-state index contributed by atoms with van der Waals surface area (Å²) in [6.45, 7) is 0.0136. The monoisotopic (exact) mass is 664 g/mol. The number of anilines is 1. The van der Waals surface area contributed by atoms with Crippen LogP contribution < -0.4 is 11.1 Å². The zero-order valence-corrected chi connectivity index (χ0v) is 25.7. The molecular formula is C35H29ClF4N4O3. The van der Waals surface area contributed by atoms with E-state index in [0.717, 1.165) is 5.56 Å². The van der Waals surface area contributed by atoms with E-state index in [4.69, 9.17) is 21.8 Å². The van der Waals surface area contributed by atoms with Crippen molar-refractivity contribution in [3.63, 3.8) is 0 Å². The second kappa shape index (κ2) is 13.1. The summed E-state index contributed by atoms with van der Waals surface area (Å²) in [5.74, 6) is -4.27. The summed E-state index contributed by atoms with van der Waals surface area (Å²) < 4.78 is 62.5. The van der Waals surface area contributed by atoms with Gasteiger partial charge in [-0.1, -0.05) is 29.8 Å². The Hall–Kier alpha value is -4.90. The number of fused-ring (bicyclic) bond motifs is 1. The molecule has 1 fully saturated rings. The normalized spacial score (nSPS) is 14.4. The molecule has 0 aliphatic carbocycles. The van der Waals surface area contributed by atoms with Gasteiger partial charge in [0.2, 0.25) is 5.91 Å². The number of hydrogen-bond donors (Lipinski definition) is 2. The third kappa shape index (κ3) is 7.25. The van der Waals surface area contributed by atoms with E-state index in [9.17, 15) is 22.8 Å². The molecule has 3 aromatic carbocycles. The molecule has 0 unspecified atom stereocenters. The molecule has 2 aromatic heterocycles. The molecule has 0 saturated carbocycles. The van der Waals surface area contributed by atoms with Gasteiger partial charge in [-0.05, 0) is 65.6 Å². The van der Waals surface area contributed by atoms with Gasteiger partial charge in [-0.3, -0.25) is 9.59 Å². The molecule has 0 atom stereocenters. The van der Waals surface area contributed by atoms with Gasteiger partial charge >= 0.3 is 0 Å². The summed E-state index contributed by atoms with van der Waals surface area (Å²) in [4.78, 5) is 31.0. The summed E-state index contributed by atoms with van der Waals surface area (Å²) in [7, 11) is 0. The number of amides is 2. The summed E-state index contributed by atoms with van der Waals surface area (Å²) in [5, 5.41) is 3.14. The fourth-order valence-corrected chi connectivity index (χ4v) is 5.69. The zero-order chi connectivity index (χ0) is 33.3. The maximum atomic E-state index is 15.2. The Kier molecular flexibility index (Phi) is 8.92. The molecule has 47 heavy (non-hydrogen) atoms. The molecule has 6 rings (SSSR count). The minimum Gasteiger partial charge on any atom is -0.459 e. The molecule has 0 radical (unpaired) electrons. The van der Waals surface area contributed by atoms with Crippen LogP contribution in [0.4, 0.5) is 23.4 Å². The standard InChI is InChI=1S/C35H29ClF4N4O3/c36-28-16-26(29(37)17-30(28)38)27-15-23(21-3-5-22(6-4-21)34(46)44-11-9-35(39,40)10-12-44)13-24-14-25(47-33(24)27)19-43-32(45)8-2-20-1-7-31(41)42-18-20/h1,3-7,13-18H,2,8-12,19H2,(H2,41,42)(H,43,45). The molecule has 2 amide bonds. The number of nitrogens with one attached hydrogen (secondary N) is 1. The fourth-order valence-electron chi connectivity index (χ4n) is 5.53. The third-order valence-corrected chi connectivity index (χ3v) is 8.45. The number of aromatic nitrogens is 1. The van der Waals surface area contributed by atoms with Gasteiger partial charge in [-0.2, -0.15) is 0 Å². The predicted octanol–water partition coefficient (Wildman–Crippen LogP) is 7.80. The maximum absolute atomic E-state index is 15.2. The van der Waals surface area contributed by atoms with Gasteiger partial charge in [0, 0.05) is 66.7 Å². The molecule has 5 aromatic rings. The van der Waals surface area contributed by atoms with E-state index in [1.165, 1.54) is 11.0 Å². The number of nitrogens with two attached hydrogens (primary N) is 1. The lowest BCUT2D eigenvalue weighted by Gasteiger charge is -2.31. The number of rotatable bonds is 8. The smallest absolute Gasteiger partial charge is 0.253 e. The number of furan rings is 1. The molecule has 0 bridgehead atoms. The van der Waals surface area contributed by atoms with Crippen LogP contribution >= 0.6 is 11.6 Å². The minimum atomic E-state index is -2.76. The van der Waals surface area contributed by atoms with Gasteiger partial charge in [0.1, 0.15) is 28.8 Å². The average molecular weight is 665 g/mol. The predicted molar refractivity (Wildman–Crippen MR) is 171 cm³/mol. The van der Waals surface area contributed by atoms with Crippen molar-refractivity contribution in [3.8, 4) is 22.3 Å². The molecular weight excluding hydrogens is 636 g/mol. The highest BCUT2D eigenvalue weighted by Crippen LogP contribution is 2.39. The first-order valence-electron chi connectivity index (χ1n) is 14.9. The molecule has 1 aliphatic heterocycles. The Morgan fingerprint density at radius 2 is 1.68 bits per heavy atom. The highest BCUT2D eigenvalue weighted by atomic mass is 35.5. The van der Waals surface area contributed by atoms with E-state index < -0.39 is 17.6 Å². The Labute approximate surface area is 272 Å². The van der Waals surface area contributed by atoms with Crippen molar-refractivity contribution >= 4 is 40.2 Å². The third-order valence-electron chi connectivity index (χ3n) is 8.16. The van der Waals surface area contributed by atoms with Crippen LogP contribution in [-0.4, -0.2) is 40.7 Å². The van der Waals surface area contributed by atoms with Crippen LogP contribution in [0.25, 0.3) is 33.2 Å². The number of carbonyl (C=O) groups excluding carboxylic acids is 2. The van der Waals surface area contributed by atoms with E-state index in [1.807, 2.05) is 6.07 Å². The number of halogens is 5. The van der Waals surface area contributed by atoms with Crippen molar-refractivity contribution in [1.29, 1.82) is 0 Å². The number of pyridine rings is 1. The van der Waals surface area contributed by atoms with Crippen molar-refractivity contribution in [2.75, 3.05) is 18.8 Å².